The molecule has 2 rings (SSSR count). The quantitative estimate of drug-likeness (QED) is 0.786. The lowest BCUT2D eigenvalue weighted by Crippen LogP contribution is -2.31. The summed E-state index contributed by atoms with van der Waals surface area (Å²) in [6, 6.07) is 5.69. The summed E-state index contributed by atoms with van der Waals surface area (Å²) in [6.45, 7) is 1.54. The number of hydrogen-bond donors (Lipinski definition) is 3. The average molecular weight is 264 g/mol. The zero-order chi connectivity index (χ0) is 14.0. The highest BCUT2D eigenvalue weighted by Crippen LogP contribution is 2.16. The summed E-state index contributed by atoms with van der Waals surface area (Å²) in [6.07, 6.45) is 0. The number of carbonyl (C=O) groups is 2. The van der Waals surface area contributed by atoms with Crippen LogP contribution in [0.5, 0.6) is 0 Å². The summed E-state index contributed by atoms with van der Waals surface area (Å²) in [5.74, 6) is -2.42. The fourth-order valence-electron chi connectivity index (χ4n) is 1.65. The van der Waals surface area contributed by atoms with Gasteiger partial charge >= 0.3 is 5.97 Å². The Hall–Kier alpha value is -2.37. The van der Waals surface area contributed by atoms with Crippen molar-refractivity contribution in [2.75, 3.05) is 6.54 Å². The lowest BCUT2D eigenvalue weighted by atomic mass is 10.2. The molecule has 1 heterocycles. The van der Waals surface area contributed by atoms with Crippen LogP contribution in [-0.4, -0.2) is 28.5 Å². The Bertz CT molecular complexity index is 636. The van der Waals surface area contributed by atoms with Gasteiger partial charge in [0.1, 0.15) is 11.5 Å². The number of H-pyrrole nitrogens is 1. The van der Waals surface area contributed by atoms with Gasteiger partial charge in [-0.1, -0.05) is 6.92 Å². The van der Waals surface area contributed by atoms with Gasteiger partial charge in [-0.2, -0.15) is 0 Å². The van der Waals surface area contributed by atoms with Crippen LogP contribution in [0.25, 0.3) is 10.9 Å². The van der Waals surface area contributed by atoms with Gasteiger partial charge in [0.25, 0.3) is 5.91 Å². The Morgan fingerprint density at radius 1 is 1.42 bits per heavy atom. The summed E-state index contributed by atoms with van der Waals surface area (Å²) in [7, 11) is 0. The molecule has 1 atom stereocenters. The van der Waals surface area contributed by atoms with Crippen LogP contribution in [0.3, 0.4) is 0 Å². The largest absolute Gasteiger partial charge is 0.481 e. The third kappa shape index (κ3) is 2.90. The normalized spacial score (nSPS) is 12.3. The van der Waals surface area contributed by atoms with Crippen molar-refractivity contribution in [3.05, 3.63) is 35.8 Å². The lowest BCUT2D eigenvalue weighted by molar-refractivity contribution is -0.140. The highest BCUT2D eigenvalue weighted by molar-refractivity contribution is 5.98. The Kier molecular flexibility index (Phi) is 3.50. The number of aromatic nitrogens is 1. The number of nitrogens with one attached hydrogen (secondary N) is 2. The van der Waals surface area contributed by atoms with Crippen LogP contribution >= 0.6 is 0 Å². The first-order valence-corrected chi connectivity index (χ1v) is 5.76. The summed E-state index contributed by atoms with van der Waals surface area (Å²) >= 11 is 0. The Labute approximate surface area is 108 Å². The minimum absolute atomic E-state index is 0.0396. The second-order valence-electron chi connectivity index (χ2n) is 4.36. The smallest absolute Gasteiger partial charge is 0.308 e. The van der Waals surface area contributed by atoms with Crippen molar-refractivity contribution in [3.8, 4) is 0 Å². The maximum absolute atomic E-state index is 13.0. The van der Waals surface area contributed by atoms with Crippen molar-refractivity contribution >= 4 is 22.8 Å². The molecule has 0 saturated heterocycles. The average Bonchev–Trinajstić information content (AvgIpc) is 2.78. The SMILES string of the molecule is CC(CNC(=O)c1cc2cc(F)ccc2[nH]1)C(=O)O. The zero-order valence-corrected chi connectivity index (χ0v) is 10.2. The van der Waals surface area contributed by atoms with E-state index in [1.165, 1.54) is 25.1 Å². The second kappa shape index (κ2) is 5.09. The van der Waals surface area contributed by atoms with Gasteiger partial charge < -0.3 is 15.4 Å². The van der Waals surface area contributed by atoms with Gasteiger partial charge in [-0.15, -0.1) is 0 Å². The number of hydrogen-bond acceptors (Lipinski definition) is 2. The van der Waals surface area contributed by atoms with E-state index >= 15 is 0 Å². The molecule has 0 spiro atoms. The van der Waals surface area contributed by atoms with Crippen molar-refractivity contribution in [2.45, 2.75) is 6.92 Å². The van der Waals surface area contributed by atoms with E-state index in [1.807, 2.05) is 0 Å². The van der Waals surface area contributed by atoms with E-state index in [0.717, 1.165) is 0 Å². The number of carboxylic acid groups (broad SMARTS) is 1. The first-order valence-electron chi connectivity index (χ1n) is 5.76. The van der Waals surface area contributed by atoms with E-state index in [4.69, 9.17) is 5.11 Å². The molecule has 0 aliphatic heterocycles. The molecule has 3 N–H and O–H groups in total. The number of aliphatic carboxylic acids is 1. The molecule has 100 valence electrons. The first-order chi connectivity index (χ1) is 8.97. The highest BCUT2D eigenvalue weighted by atomic mass is 19.1. The van der Waals surface area contributed by atoms with Crippen LogP contribution in [0.15, 0.2) is 24.3 Å². The Morgan fingerprint density at radius 3 is 2.84 bits per heavy atom. The van der Waals surface area contributed by atoms with E-state index in [1.54, 1.807) is 6.07 Å². The molecule has 1 amide bonds. The number of benzene rings is 1. The second-order valence-corrected chi connectivity index (χ2v) is 4.36. The number of rotatable bonds is 4. The maximum Gasteiger partial charge on any atom is 0.308 e. The van der Waals surface area contributed by atoms with Crippen molar-refractivity contribution in [1.82, 2.24) is 10.3 Å². The molecule has 19 heavy (non-hydrogen) atoms. The van der Waals surface area contributed by atoms with Crippen LogP contribution in [0, 0.1) is 11.7 Å². The lowest BCUT2D eigenvalue weighted by Gasteiger charge is -2.06. The molecule has 5 nitrogen and oxygen atoms in total. The number of fused-ring (bicyclic) bond motifs is 1. The van der Waals surface area contributed by atoms with Crippen LogP contribution in [0.2, 0.25) is 0 Å². The van der Waals surface area contributed by atoms with Gasteiger partial charge in [0.2, 0.25) is 0 Å². The van der Waals surface area contributed by atoms with E-state index in [2.05, 4.69) is 10.3 Å². The monoisotopic (exact) mass is 264 g/mol. The number of carboxylic acids is 1. The highest BCUT2D eigenvalue weighted by Gasteiger charge is 2.14. The molecule has 0 fully saturated rings. The Balaban J connectivity index is 2.11. The standard InChI is InChI=1S/C13H13FN2O3/c1-7(13(18)19)6-15-12(17)11-5-8-4-9(14)2-3-10(8)16-11/h2-5,7,16H,6H2,1H3,(H,15,17)(H,18,19). The molecular formula is C13H13FN2O3. The van der Waals surface area contributed by atoms with Gasteiger partial charge in [-0.05, 0) is 24.3 Å². The van der Waals surface area contributed by atoms with E-state index in [0.29, 0.717) is 10.9 Å². The van der Waals surface area contributed by atoms with Crippen LogP contribution < -0.4 is 5.32 Å². The van der Waals surface area contributed by atoms with E-state index in [-0.39, 0.29) is 18.1 Å². The van der Waals surface area contributed by atoms with Gasteiger partial charge in [-0.25, -0.2) is 4.39 Å². The van der Waals surface area contributed by atoms with Gasteiger partial charge in [0, 0.05) is 17.4 Å². The van der Waals surface area contributed by atoms with Crippen molar-refractivity contribution < 1.29 is 19.1 Å². The molecule has 1 aromatic heterocycles. The first kappa shape index (κ1) is 13.1. The van der Waals surface area contributed by atoms with Gasteiger partial charge in [-0.3, -0.25) is 9.59 Å². The van der Waals surface area contributed by atoms with E-state index < -0.39 is 17.8 Å². The van der Waals surface area contributed by atoms with Gasteiger partial charge in [0.05, 0.1) is 5.92 Å². The fraction of sp³-hybridized carbons (Fsp3) is 0.231. The third-order valence-corrected chi connectivity index (χ3v) is 2.82. The predicted octanol–water partition coefficient (Wildman–Crippen LogP) is 1.76. The van der Waals surface area contributed by atoms with Crippen molar-refractivity contribution in [3.63, 3.8) is 0 Å². The van der Waals surface area contributed by atoms with Crippen LogP contribution in [0.1, 0.15) is 17.4 Å². The number of amides is 1. The van der Waals surface area contributed by atoms with Gasteiger partial charge in [0.15, 0.2) is 0 Å². The molecule has 0 saturated carbocycles. The van der Waals surface area contributed by atoms with Crippen molar-refractivity contribution in [2.24, 2.45) is 5.92 Å². The van der Waals surface area contributed by atoms with E-state index in [9.17, 15) is 14.0 Å². The number of halogens is 1. The van der Waals surface area contributed by atoms with Crippen LogP contribution in [-0.2, 0) is 4.79 Å². The molecule has 1 aromatic carbocycles. The number of carbonyl (C=O) groups excluding carboxylic acids is 1. The summed E-state index contributed by atoms with van der Waals surface area (Å²) in [5.41, 5.74) is 0.927. The topological polar surface area (TPSA) is 82.2 Å². The van der Waals surface area contributed by atoms with Crippen LogP contribution in [0.4, 0.5) is 4.39 Å². The molecule has 6 heteroatoms. The molecule has 2 aromatic rings. The molecule has 0 radical (unpaired) electrons. The molecule has 1 unspecified atom stereocenters. The fourth-order valence-corrected chi connectivity index (χ4v) is 1.65. The van der Waals surface area contributed by atoms with Crippen molar-refractivity contribution in [1.29, 1.82) is 0 Å². The summed E-state index contributed by atoms with van der Waals surface area (Å²) < 4.78 is 13.0. The molecule has 0 aliphatic rings. The Morgan fingerprint density at radius 2 is 2.16 bits per heavy atom. The zero-order valence-electron chi connectivity index (χ0n) is 10.2. The molecular weight excluding hydrogens is 251 g/mol. The number of aromatic amines is 1. The molecule has 0 bridgehead atoms. The molecule has 0 aliphatic carbocycles. The summed E-state index contributed by atoms with van der Waals surface area (Å²) in [5, 5.41) is 11.8. The minimum atomic E-state index is -0.973. The minimum Gasteiger partial charge on any atom is -0.481 e. The predicted molar refractivity (Wildman–Crippen MR) is 67.4 cm³/mol. The maximum atomic E-state index is 13.0. The third-order valence-electron chi connectivity index (χ3n) is 2.82. The summed E-state index contributed by atoms with van der Waals surface area (Å²) in [4.78, 5) is 25.3.